The van der Waals surface area contributed by atoms with E-state index in [4.69, 9.17) is 4.42 Å². The molecule has 2 aromatic heterocycles. The molecule has 140 valence electrons. The third-order valence-electron chi connectivity index (χ3n) is 4.94. The number of likely N-dealkylation sites (N-methyl/N-ethyl adjacent to an activating group) is 1. The average molecular weight is 375 g/mol. The van der Waals surface area contributed by atoms with E-state index in [1.807, 2.05) is 14.1 Å². The van der Waals surface area contributed by atoms with Crippen LogP contribution in [0.3, 0.4) is 0 Å². The second-order valence-corrected chi connectivity index (χ2v) is 7.64. The summed E-state index contributed by atoms with van der Waals surface area (Å²) in [5.41, 5.74) is 1.79. The number of rotatable bonds is 6. The van der Waals surface area contributed by atoms with Gasteiger partial charge < -0.3 is 19.5 Å². The Morgan fingerprint density at radius 3 is 2.69 bits per heavy atom. The number of carbonyl (C=O) groups is 2. The highest BCUT2D eigenvalue weighted by Crippen LogP contribution is 2.22. The maximum atomic E-state index is 12.6. The Morgan fingerprint density at radius 1 is 1.35 bits per heavy atom. The minimum absolute atomic E-state index is 0.0252. The van der Waals surface area contributed by atoms with E-state index in [1.54, 1.807) is 22.3 Å². The normalized spacial score (nSPS) is 16.7. The molecule has 3 rings (SSSR count). The number of hydrogen-bond donors (Lipinski definition) is 1. The topological polar surface area (TPSA) is 65.8 Å². The van der Waals surface area contributed by atoms with Crippen LogP contribution in [0.5, 0.6) is 0 Å². The van der Waals surface area contributed by atoms with Crippen LogP contribution in [0.25, 0.3) is 0 Å². The number of amides is 2. The molecule has 0 saturated carbocycles. The lowest BCUT2D eigenvalue weighted by Crippen LogP contribution is -2.44. The van der Waals surface area contributed by atoms with Crippen molar-refractivity contribution in [1.29, 1.82) is 0 Å². The van der Waals surface area contributed by atoms with Gasteiger partial charge in [0.25, 0.3) is 5.91 Å². The molecule has 0 spiro atoms. The van der Waals surface area contributed by atoms with E-state index in [-0.39, 0.29) is 23.8 Å². The average Bonchev–Trinajstić information content (AvgIpc) is 3.35. The van der Waals surface area contributed by atoms with Crippen LogP contribution in [0.4, 0.5) is 0 Å². The lowest BCUT2D eigenvalue weighted by Gasteiger charge is -2.32. The van der Waals surface area contributed by atoms with Crippen molar-refractivity contribution in [3.8, 4) is 0 Å². The minimum atomic E-state index is -0.0336. The van der Waals surface area contributed by atoms with Gasteiger partial charge in [-0.2, -0.15) is 11.3 Å². The van der Waals surface area contributed by atoms with E-state index >= 15 is 0 Å². The maximum absolute atomic E-state index is 12.6. The van der Waals surface area contributed by atoms with Crippen molar-refractivity contribution >= 4 is 23.2 Å². The first kappa shape index (κ1) is 18.7. The third kappa shape index (κ3) is 4.34. The SMILES string of the molecule is CN(C)[C@H](CNC(=O)C1CCN(C(=O)c2ccoc2)CC1)c1ccsc1. The van der Waals surface area contributed by atoms with Gasteiger partial charge in [0, 0.05) is 25.6 Å². The van der Waals surface area contributed by atoms with Crippen LogP contribution in [-0.2, 0) is 4.79 Å². The van der Waals surface area contributed by atoms with Crippen LogP contribution in [-0.4, -0.2) is 55.3 Å². The first-order valence-corrected chi connectivity index (χ1v) is 9.78. The zero-order valence-corrected chi connectivity index (χ0v) is 16.0. The van der Waals surface area contributed by atoms with E-state index in [1.165, 1.54) is 18.1 Å². The number of likely N-dealkylation sites (tertiary alicyclic amines) is 1. The number of furan rings is 1. The van der Waals surface area contributed by atoms with Gasteiger partial charge in [-0.15, -0.1) is 0 Å². The van der Waals surface area contributed by atoms with Crippen LogP contribution in [0, 0.1) is 5.92 Å². The number of carbonyl (C=O) groups excluding carboxylic acids is 2. The van der Waals surface area contributed by atoms with Crippen molar-refractivity contribution in [2.45, 2.75) is 18.9 Å². The molecule has 0 unspecified atom stereocenters. The van der Waals surface area contributed by atoms with Crippen LogP contribution in [0.2, 0.25) is 0 Å². The lowest BCUT2D eigenvalue weighted by molar-refractivity contribution is -0.126. The summed E-state index contributed by atoms with van der Waals surface area (Å²) >= 11 is 1.67. The molecule has 7 heteroatoms. The van der Waals surface area contributed by atoms with E-state index < -0.39 is 0 Å². The van der Waals surface area contributed by atoms with Gasteiger partial charge >= 0.3 is 0 Å². The zero-order valence-electron chi connectivity index (χ0n) is 15.2. The predicted molar refractivity (Wildman–Crippen MR) is 101 cm³/mol. The Morgan fingerprint density at radius 2 is 2.12 bits per heavy atom. The molecule has 1 saturated heterocycles. The molecule has 0 aliphatic carbocycles. The van der Waals surface area contributed by atoms with E-state index in [2.05, 4.69) is 27.0 Å². The Hall–Kier alpha value is -2.12. The Kier molecular flexibility index (Phi) is 6.11. The Labute approximate surface area is 157 Å². The molecule has 1 fully saturated rings. The van der Waals surface area contributed by atoms with E-state index in [9.17, 15) is 9.59 Å². The fourth-order valence-corrected chi connectivity index (χ4v) is 4.03. The highest BCUT2D eigenvalue weighted by Gasteiger charge is 2.28. The molecule has 3 heterocycles. The second kappa shape index (κ2) is 8.51. The van der Waals surface area contributed by atoms with Crippen molar-refractivity contribution in [3.05, 3.63) is 46.5 Å². The molecule has 1 aliphatic rings. The molecule has 0 bridgehead atoms. The predicted octanol–water partition coefficient (Wildman–Crippen LogP) is 2.61. The molecular formula is C19H25N3O3S. The van der Waals surface area contributed by atoms with Crippen LogP contribution < -0.4 is 5.32 Å². The number of thiophene rings is 1. The van der Waals surface area contributed by atoms with Crippen molar-refractivity contribution in [3.63, 3.8) is 0 Å². The van der Waals surface area contributed by atoms with Crippen LogP contribution in [0.1, 0.15) is 34.8 Å². The molecular weight excluding hydrogens is 350 g/mol. The van der Waals surface area contributed by atoms with Crippen LogP contribution >= 0.6 is 11.3 Å². The molecule has 2 amide bonds. The first-order chi connectivity index (χ1) is 12.6. The van der Waals surface area contributed by atoms with Crippen molar-refractivity contribution in [2.75, 3.05) is 33.7 Å². The summed E-state index contributed by atoms with van der Waals surface area (Å²) in [7, 11) is 4.04. The monoisotopic (exact) mass is 375 g/mol. The molecule has 26 heavy (non-hydrogen) atoms. The molecule has 1 atom stereocenters. The van der Waals surface area contributed by atoms with Gasteiger partial charge in [-0.1, -0.05) is 0 Å². The number of piperidine rings is 1. The smallest absolute Gasteiger partial charge is 0.257 e. The Balaban J connectivity index is 1.48. The minimum Gasteiger partial charge on any atom is -0.472 e. The molecule has 1 aliphatic heterocycles. The van der Waals surface area contributed by atoms with Crippen molar-refractivity contribution < 1.29 is 14.0 Å². The third-order valence-corrected chi connectivity index (χ3v) is 5.64. The fourth-order valence-electron chi connectivity index (χ4n) is 3.32. The highest BCUT2D eigenvalue weighted by molar-refractivity contribution is 7.07. The zero-order chi connectivity index (χ0) is 18.5. The molecule has 6 nitrogen and oxygen atoms in total. The molecule has 0 aromatic carbocycles. The van der Waals surface area contributed by atoms with Crippen LogP contribution in [0.15, 0.2) is 39.8 Å². The second-order valence-electron chi connectivity index (χ2n) is 6.86. The highest BCUT2D eigenvalue weighted by atomic mass is 32.1. The summed E-state index contributed by atoms with van der Waals surface area (Å²) in [6.07, 6.45) is 4.36. The molecule has 2 aromatic rings. The molecule has 0 radical (unpaired) electrons. The van der Waals surface area contributed by atoms with E-state index in [0.29, 0.717) is 38.0 Å². The quantitative estimate of drug-likeness (QED) is 0.843. The standard InChI is InChI=1S/C19H25N3O3S/c1-21(2)17(16-6-10-26-13-16)11-20-18(23)14-3-7-22(8-4-14)19(24)15-5-9-25-12-15/h5-6,9-10,12-14,17H,3-4,7-8,11H2,1-2H3,(H,20,23)/t17-/m1/s1. The number of hydrogen-bond acceptors (Lipinski definition) is 5. The lowest BCUT2D eigenvalue weighted by atomic mass is 9.95. The molecule has 1 N–H and O–H groups in total. The van der Waals surface area contributed by atoms with Gasteiger partial charge in [0.1, 0.15) is 6.26 Å². The summed E-state index contributed by atoms with van der Waals surface area (Å²) in [5.74, 6) is 0.0268. The largest absolute Gasteiger partial charge is 0.472 e. The van der Waals surface area contributed by atoms with Crippen molar-refractivity contribution in [1.82, 2.24) is 15.1 Å². The van der Waals surface area contributed by atoms with Gasteiger partial charge in [0.05, 0.1) is 17.9 Å². The first-order valence-electron chi connectivity index (χ1n) is 8.84. The summed E-state index contributed by atoms with van der Waals surface area (Å²) in [5, 5.41) is 7.28. The summed E-state index contributed by atoms with van der Waals surface area (Å²) in [6, 6.07) is 3.95. The van der Waals surface area contributed by atoms with Gasteiger partial charge in [0.15, 0.2) is 0 Å². The summed E-state index contributed by atoms with van der Waals surface area (Å²) in [4.78, 5) is 28.8. The maximum Gasteiger partial charge on any atom is 0.257 e. The van der Waals surface area contributed by atoms with Gasteiger partial charge in [-0.3, -0.25) is 9.59 Å². The fraction of sp³-hybridized carbons (Fsp3) is 0.474. The van der Waals surface area contributed by atoms with Gasteiger partial charge in [-0.05, 0) is 55.4 Å². The number of nitrogens with one attached hydrogen (secondary N) is 1. The van der Waals surface area contributed by atoms with Crippen molar-refractivity contribution in [2.24, 2.45) is 5.92 Å². The van der Waals surface area contributed by atoms with Gasteiger partial charge in [0.2, 0.25) is 5.91 Å². The van der Waals surface area contributed by atoms with Gasteiger partial charge in [-0.25, -0.2) is 0 Å². The number of nitrogens with zero attached hydrogens (tertiary/aromatic N) is 2. The summed E-state index contributed by atoms with van der Waals surface area (Å²) in [6.45, 7) is 1.80. The Bertz CT molecular complexity index is 704. The summed E-state index contributed by atoms with van der Waals surface area (Å²) < 4.78 is 4.98. The van der Waals surface area contributed by atoms with E-state index in [0.717, 1.165) is 0 Å².